The Kier molecular flexibility index (Phi) is 3.90. The highest BCUT2D eigenvalue weighted by Crippen LogP contribution is 2.35. The molecule has 1 aliphatic heterocycles. The molecule has 0 aliphatic carbocycles. The van der Waals surface area contributed by atoms with Crippen molar-refractivity contribution in [1.82, 2.24) is 0 Å². The van der Waals surface area contributed by atoms with E-state index in [2.05, 4.69) is 0 Å². The van der Waals surface area contributed by atoms with Crippen molar-refractivity contribution in [3.8, 4) is 5.75 Å². The predicted octanol–water partition coefficient (Wildman–Crippen LogP) is 2.20. The van der Waals surface area contributed by atoms with E-state index in [1.165, 1.54) is 23.1 Å². The number of anilines is 1. The average molecular weight is 285 g/mol. The summed E-state index contributed by atoms with van der Waals surface area (Å²) in [4.78, 5) is 23.7. The van der Waals surface area contributed by atoms with E-state index in [0.717, 1.165) is 0 Å². The number of hydrogen-bond acceptors (Lipinski definition) is 4. The minimum Gasteiger partial charge on any atom is -0.482 e. The molecule has 7 heteroatoms. The molecule has 1 aliphatic rings. The molecule has 19 heavy (non-hydrogen) atoms. The number of nitrogens with zero attached hydrogens (tertiary/aromatic N) is 2. The Morgan fingerprint density at radius 2 is 2.32 bits per heavy atom. The van der Waals surface area contributed by atoms with Gasteiger partial charge in [0.15, 0.2) is 6.61 Å². The first-order valence-corrected chi connectivity index (χ1v) is 6.34. The van der Waals surface area contributed by atoms with Crippen molar-refractivity contribution in [3.63, 3.8) is 0 Å². The Bertz CT molecular complexity index is 520. The van der Waals surface area contributed by atoms with Gasteiger partial charge >= 0.3 is 0 Å². The van der Waals surface area contributed by atoms with Gasteiger partial charge in [-0.15, -0.1) is 11.6 Å². The maximum absolute atomic E-state index is 11.9. The highest BCUT2D eigenvalue weighted by atomic mass is 35.5. The second kappa shape index (κ2) is 5.44. The first-order chi connectivity index (χ1) is 9.02. The van der Waals surface area contributed by atoms with Crippen LogP contribution in [0.4, 0.5) is 11.4 Å². The van der Waals surface area contributed by atoms with Gasteiger partial charge in [-0.1, -0.05) is 6.92 Å². The number of nitro benzene ring substituents is 1. The van der Waals surface area contributed by atoms with Crippen LogP contribution in [-0.2, 0) is 4.79 Å². The normalized spacial score (nSPS) is 15.7. The van der Waals surface area contributed by atoms with Gasteiger partial charge in [0.25, 0.3) is 11.6 Å². The molecule has 2 rings (SSSR count). The molecule has 0 aromatic heterocycles. The topological polar surface area (TPSA) is 72.7 Å². The molecule has 0 saturated carbocycles. The minimum absolute atomic E-state index is 0.0557. The van der Waals surface area contributed by atoms with Crippen LogP contribution in [-0.4, -0.2) is 29.9 Å². The largest absolute Gasteiger partial charge is 0.482 e. The second-order valence-electron chi connectivity index (χ2n) is 4.46. The van der Waals surface area contributed by atoms with Gasteiger partial charge in [0.2, 0.25) is 0 Å². The fourth-order valence-corrected chi connectivity index (χ4v) is 1.96. The summed E-state index contributed by atoms with van der Waals surface area (Å²) in [6, 6.07) is 4.23. The number of rotatable bonds is 4. The van der Waals surface area contributed by atoms with Gasteiger partial charge in [0.05, 0.1) is 10.6 Å². The number of halogens is 1. The van der Waals surface area contributed by atoms with Crippen molar-refractivity contribution < 1.29 is 14.5 Å². The molecule has 1 aromatic carbocycles. The fraction of sp³-hybridized carbons (Fsp3) is 0.417. The molecule has 1 aromatic rings. The molecule has 1 heterocycles. The molecule has 0 radical (unpaired) electrons. The van der Waals surface area contributed by atoms with E-state index in [4.69, 9.17) is 16.3 Å². The molecule has 0 spiro atoms. The Balaban J connectivity index is 2.38. The molecule has 6 nitrogen and oxygen atoms in total. The van der Waals surface area contributed by atoms with E-state index in [1.54, 1.807) is 0 Å². The summed E-state index contributed by atoms with van der Waals surface area (Å²) >= 11 is 5.75. The van der Waals surface area contributed by atoms with Crippen LogP contribution in [0.1, 0.15) is 6.92 Å². The molecule has 0 N–H and O–H groups in total. The monoisotopic (exact) mass is 284 g/mol. The second-order valence-corrected chi connectivity index (χ2v) is 4.77. The Morgan fingerprint density at radius 1 is 1.58 bits per heavy atom. The number of ether oxygens (including phenoxy) is 1. The highest BCUT2D eigenvalue weighted by molar-refractivity contribution is 6.18. The number of carbonyl (C=O) groups is 1. The van der Waals surface area contributed by atoms with Crippen LogP contribution < -0.4 is 9.64 Å². The molecule has 0 fully saturated rings. The van der Waals surface area contributed by atoms with Gasteiger partial charge < -0.3 is 9.64 Å². The van der Waals surface area contributed by atoms with E-state index in [0.29, 0.717) is 23.9 Å². The number of hydrogen-bond donors (Lipinski definition) is 0. The third-order valence-electron chi connectivity index (χ3n) is 2.85. The van der Waals surface area contributed by atoms with Crippen LogP contribution in [0.5, 0.6) is 5.75 Å². The fourth-order valence-electron chi connectivity index (χ4n) is 1.86. The third kappa shape index (κ3) is 2.78. The van der Waals surface area contributed by atoms with Crippen LogP contribution >= 0.6 is 11.6 Å². The van der Waals surface area contributed by atoms with Crippen LogP contribution in [0, 0.1) is 16.0 Å². The van der Waals surface area contributed by atoms with Crippen molar-refractivity contribution in [1.29, 1.82) is 0 Å². The summed E-state index contributed by atoms with van der Waals surface area (Å²) in [7, 11) is 0. The average Bonchev–Trinajstić information content (AvgIpc) is 2.41. The molecular weight excluding hydrogens is 272 g/mol. The third-order valence-corrected chi connectivity index (χ3v) is 3.38. The van der Waals surface area contributed by atoms with E-state index >= 15 is 0 Å². The zero-order valence-corrected chi connectivity index (χ0v) is 11.1. The number of non-ortho nitro benzene ring substituents is 1. The highest BCUT2D eigenvalue weighted by Gasteiger charge is 2.28. The molecule has 1 unspecified atom stereocenters. The summed E-state index contributed by atoms with van der Waals surface area (Å²) in [6.07, 6.45) is 0. The van der Waals surface area contributed by atoms with E-state index < -0.39 is 4.92 Å². The Hall–Kier alpha value is -1.82. The molecular formula is C12H13ClN2O4. The first-order valence-electron chi connectivity index (χ1n) is 5.80. The number of alkyl halides is 1. The summed E-state index contributed by atoms with van der Waals surface area (Å²) in [5.41, 5.74) is 0.364. The minimum atomic E-state index is -0.498. The van der Waals surface area contributed by atoms with Crippen LogP contribution in [0.2, 0.25) is 0 Å². The molecule has 1 atom stereocenters. The van der Waals surface area contributed by atoms with Crippen molar-refractivity contribution in [3.05, 3.63) is 28.3 Å². The summed E-state index contributed by atoms with van der Waals surface area (Å²) in [6.45, 7) is 2.27. The molecule has 102 valence electrons. The van der Waals surface area contributed by atoms with Gasteiger partial charge in [-0.25, -0.2) is 0 Å². The van der Waals surface area contributed by atoms with Crippen molar-refractivity contribution in [2.45, 2.75) is 6.92 Å². The van der Waals surface area contributed by atoms with Crippen molar-refractivity contribution in [2.24, 2.45) is 5.92 Å². The molecule has 0 bridgehead atoms. The maximum atomic E-state index is 11.9. The Labute approximate surface area is 115 Å². The number of carbonyl (C=O) groups excluding carboxylic acids is 1. The summed E-state index contributed by atoms with van der Waals surface area (Å²) < 4.78 is 5.27. The predicted molar refractivity (Wildman–Crippen MR) is 70.8 cm³/mol. The summed E-state index contributed by atoms with van der Waals surface area (Å²) in [5.74, 6) is 0.766. The lowest BCUT2D eigenvalue weighted by Crippen LogP contribution is -2.41. The standard InChI is InChI=1S/C12H13ClN2O4/c1-8(5-13)6-14-10-4-9(15(17)18)2-3-11(10)19-7-12(14)16/h2-4,8H,5-7H2,1H3. The number of fused-ring (bicyclic) bond motifs is 1. The van der Waals surface area contributed by atoms with Gasteiger partial charge in [-0.05, 0) is 12.0 Å². The number of amides is 1. The lowest BCUT2D eigenvalue weighted by Gasteiger charge is -2.30. The first kappa shape index (κ1) is 13.6. The van der Waals surface area contributed by atoms with Gasteiger partial charge in [-0.3, -0.25) is 14.9 Å². The lowest BCUT2D eigenvalue weighted by atomic mass is 10.1. The van der Waals surface area contributed by atoms with E-state index in [9.17, 15) is 14.9 Å². The zero-order chi connectivity index (χ0) is 14.0. The number of nitro groups is 1. The summed E-state index contributed by atoms with van der Waals surface area (Å²) in [5, 5.41) is 10.8. The Morgan fingerprint density at radius 3 is 2.95 bits per heavy atom. The van der Waals surface area contributed by atoms with Crippen LogP contribution in [0.3, 0.4) is 0 Å². The quantitative estimate of drug-likeness (QED) is 0.483. The maximum Gasteiger partial charge on any atom is 0.271 e. The van der Waals surface area contributed by atoms with Crippen LogP contribution in [0.25, 0.3) is 0 Å². The smallest absolute Gasteiger partial charge is 0.271 e. The zero-order valence-electron chi connectivity index (χ0n) is 10.3. The van der Waals surface area contributed by atoms with Gasteiger partial charge in [0.1, 0.15) is 5.75 Å². The van der Waals surface area contributed by atoms with Crippen molar-refractivity contribution >= 4 is 28.9 Å². The van der Waals surface area contributed by atoms with E-state index in [-0.39, 0.29) is 24.1 Å². The molecule has 0 saturated heterocycles. The van der Waals surface area contributed by atoms with Crippen molar-refractivity contribution in [2.75, 3.05) is 23.9 Å². The van der Waals surface area contributed by atoms with E-state index in [1.807, 2.05) is 6.92 Å². The van der Waals surface area contributed by atoms with Gasteiger partial charge in [0, 0.05) is 24.6 Å². The number of benzene rings is 1. The lowest BCUT2D eigenvalue weighted by molar-refractivity contribution is -0.384. The SMILES string of the molecule is CC(CCl)CN1C(=O)COc2ccc([N+](=O)[O-])cc21. The molecule has 1 amide bonds. The van der Waals surface area contributed by atoms with Gasteiger partial charge in [-0.2, -0.15) is 0 Å². The van der Waals surface area contributed by atoms with Crippen LogP contribution in [0.15, 0.2) is 18.2 Å².